The van der Waals surface area contributed by atoms with E-state index in [1.807, 2.05) is 36.4 Å². The van der Waals surface area contributed by atoms with Crippen molar-refractivity contribution in [2.24, 2.45) is 11.8 Å². The molecule has 0 fully saturated rings. The lowest BCUT2D eigenvalue weighted by atomic mass is 9.80. The van der Waals surface area contributed by atoms with Crippen molar-refractivity contribution in [2.45, 2.75) is 58.0 Å². The molecule has 2 aliphatic rings. The second kappa shape index (κ2) is 12.5. The first-order chi connectivity index (χ1) is 17.9. The summed E-state index contributed by atoms with van der Waals surface area (Å²) >= 11 is 0. The minimum absolute atomic E-state index is 0.182. The van der Waals surface area contributed by atoms with E-state index in [2.05, 4.69) is 6.58 Å². The maximum absolute atomic E-state index is 15.0. The molecule has 2 aliphatic carbocycles. The molecule has 2 nitrogen and oxygen atoms in total. The molecule has 1 N–H and O–H groups in total. The molecule has 0 bridgehead atoms. The normalized spacial score (nSPS) is 20.8. The average molecular weight is 509 g/mol. The van der Waals surface area contributed by atoms with Gasteiger partial charge < -0.3 is 9.84 Å². The SMILES string of the molecule is C=CCCOc1ccc(-c2ccc(CCC3CC=C(C4=CCC(C(C)O)CC4)C(F)=C3F)cc2)c(F)c1. The molecule has 37 heavy (non-hydrogen) atoms. The van der Waals surface area contributed by atoms with Crippen LogP contribution in [0.4, 0.5) is 13.2 Å². The maximum atomic E-state index is 15.0. The van der Waals surface area contributed by atoms with E-state index in [1.165, 1.54) is 6.07 Å². The summed E-state index contributed by atoms with van der Waals surface area (Å²) in [6.45, 7) is 5.87. The van der Waals surface area contributed by atoms with Crippen LogP contribution in [0.15, 0.2) is 90.1 Å². The molecule has 3 unspecified atom stereocenters. The number of rotatable bonds is 10. The van der Waals surface area contributed by atoms with E-state index in [9.17, 15) is 18.3 Å². The number of aryl methyl sites for hydroxylation is 1. The lowest BCUT2D eigenvalue weighted by Crippen LogP contribution is -2.20. The van der Waals surface area contributed by atoms with Gasteiger partial charge in [0, 0.05) is 23.1 Å². The van der Waals surface area contributed by atoms with Crippen LogP contribution < -0.4 is 4.74 Å². The second-order valence-electron chi connectivity index (χ2n) is 10.0. The summed E-state index contributed by atoms with van der Waals surface area (Å²) in [5, 5.41) is 9.77. The van der Waals surface area contributed by atoms with Crippen LogP contribution in [0.2, 0.25) is 0 Å². The zero-order valence-electron chi connectivity index (χ0n) is 21.4. The summed E-state index contributed by atoms with van der Waals surface area (Å²) in [4.78, 5) is 0. The molecule has 2 aromatic rings. The zero-order chi connectivity index (χ0) is 26.4. The molecule has 2 aromatic carbocycles. The minimum atomic E-state index is -0.735. The quantitative estimate of drug-likeness (QED) is 0.257. The van der Waals surface area contributed by atoms with Crippen molar-refractivity contribution in [2.75, 3.05) is 6.61 Å². The number of aliphatic hydroxyl groups is 1. The van der Waals surface area contributed by atoms with E-state index in [0.717, 1.165) is 23.1 Å². The fourth-order valence-corrected chi connectivity index (χ4v) is 5.09. The number of aliphatic hydroxyl groups excluding tert-OH is 1. The molecule has 0 amide bonds. The first-order valence-corrected chi connectivity index (χ1v) is 13.1. The van der Waals surface area contributed by atoms with Gasteiger partial charge >= 0.3 is 0 Å². The summed E-state index contributed by atoms with van der Waals surface area (Å²) in [6.07, 6.45) is 9.54. The molecule has 3 atom stereocenters. The molecule has 196 valence electrons. The highest BCUT2D eigenvalue weighted by molar-refractivity contribution is 5.65. The second-order valence-corrected chi connectivity index (χ2v) is 10.0. The van der Waals surface area contributed by atoms with Crippen molar-refractivity contribution in [3.8, 4) is 16.9 Å². The molecule has 0 spiro atoms. The van der Waals surface area contributed by atoms with Gasteiger partial charge in [0.1, 0.15) is 17.4 Å². The van der Waals surface area contributed by atoms with Crippen LogP contribution in [-0.4, -0.2) is 17.8 Å². The van der Waals surface area contributed by atoms with E-state index in [1.54, 1.807) is 25.1 Å². The van der Waals surface area contributed by atoms with E-state index >= 15 is 0 Å². The topological polar surface area (TPSA) is 29.5 Å². The predicted octanol–water partition coefficient (Wildman–Crippen LogP) is 8.58. The Labute approximate surface area is 217 Å². The number of allylic oxidation sites excluding steroid dienone is 6. The van der Waals surface area contributed by atoms with Crippen molar-refractivity contribution in [1.29, 1.82) is 0 Å². The first-order valence-electron chi connectivity index (χ1n) is 13.1. The first kappa shape index (κ1) is 27.0. The Morgan fingerprint density at radius 1 is 1.08 bits per heavy atom. The molecule has 4 rings (SSSR count). The van der Waals surface area contributed by atoms with Gasteiger partial charge in [-0.1, -0.05) is 42.5 Å². The Kier molecular flexibility index (Phi) is 9.09. The number of ether oxygens (including phenoxy) is 1. The molecular weight excluding hydrogens is 473 g/mol. The Morgan fingerprint density at radius 2 is 1.86 bits per heavy atom. The molecule has 0 aliphatic heterocycles. The lowest BCUT2D eigenvalue weighted by molar-refractivity contribution is 0.119. The Hall–Kier alpha value is -3.05. The van der Waals surface area contributed by atoms with Gasteiger partial charge in [-0.05, 0) is 86.6 Å². The van der Waals surface area contributed by atoms with E-state index in [0.29, 0.717) is 62.0 Å². The van der Waals surface area contributed by atoms with Crippen LogP contribution in [-0.2, 0) is 6.42 Å². The Balaban J connectivity index is 1.34. The highest BCUT2D eigenvalue weighted by atomic mass is 19.2. The highest BCUT2D eigenvalue weighted by Crippen LogP contribution is 2.41. The summed E-state index contributed by atoms with van der Waals surface area (Å²) in [5.41, 5.74) is 3.47. The number of hydrogen-bond donors (Lipinski definition) is 1. The zero-order valence-corrected chi connectivity index (χ0v) is 21.4. The van der Waals surface area contributed by atoms with Crippen molar-refractivity contribution in [1.82, 2.24) is 0 Å². The van der Waals surface area contributed by atoms with Gasteiger partial charge in [-0.15, -0.1) is 6.58 Å². The van der Waals surface area contributed by atoms with Crippen LogP contribution in [0.5, 0.6) is 5.75 Å². The van der Waals surface area contributed by atoms with Gasteiger partial charge in [-0.3, -0.25) is 0 Å². The van der Waals surface area contributed by atoms with Crippen LogP contribution in [0, 0.1) is 17.7 Å². The maximum Gasteiger partial charge on any atom is 0.162 e. The van der Waals surface area contributed by atoms with Crippen molar-refractivity contribution < 1.29 is 23.0 Å². The number of halogens is 3. The Morgan fingerprint density at radius 3 is 2.51 bits per heavy atom. The van der Waals surface area contributed by atoms with Gasteiger partial charge in [0.25, 0.3) is 0 Å². The van der Waals surface area contributed by atoms with Gasteiger partial charge in [0.15, 0.2) is 5.83 Å². The van der Waals surface area contributed by atoms with Crippen LogP contribution in [0.3, 0.4) is 0 Å². The molecule has 0 aromatic heterocycles. The summed E-state index contributed by atoms with van der Waals surface area (Å²) in [7, 11) is 0. The highest BCUT2D eigenvalue weighted by Gasteiger charge is 2.29. The van der Waals surface area contributed by atoms with Gasteiger partial charge in [-0.25, -0.2) is 13.2 Å². The van der Waals surface area contributed by atoms with E-state index < -0.39 is 17.6 Å². The smallest absolute Gasteiger partial charge is 0.162 e. The minimum Gasteiger partial charge on any atom is -0.493 e. The molecule has 0 saturated heterocycles. The molecule has 0 radical (unpaired) electrons. The fraction of sp³-hybridized carbons (Fsp3) is 0.375. The Bertz CT molecular complexity index is 1190. The molecule has 5 heteroatoms. The van der Waals surface area contributed by atoms with Crippen molar-refractivity contribution in [3.05, 3.63) is 101 Å². The summed E-state index contributed by atoms with van der Waals surface area (Å²) in [6, 6.07) is 12.4. The summed E-state index contributed by atoms with van der Waals surface area (Å²) in [5.74, 6) is -1.57. The molecule has 0 heterocycles. The predicted molar refractivity (Wildman–Crippen MR) is 143 cm³/mol. The number of hydrogen-bond acceptors (Lipinski definition) is 2. The van der Waals surface area contributed by atoms with Crippen LogP contribution in [0.1, 0.15) is 51.0 Å². The monoisotopic (exact) mass is 508 g/mol. The van der Waals surface area contributed by atoms with E-state index in [-0.39, 0.29) is 17.8 Å². The van der Waals surface area contributed by atoms with E-state index in [4.69, 9.17) is 4.74 Å². The third kappa shape index (κ3) is 6.64. The lowest BCUT2D eigenvalue weighted by Gasteiger charge is -2.27. The largest absolute Gasteiger partial charge is 0.493 e. The van der Waals surface area contributed by atoms with Crippen LogP contribution in [0.25, 0.3) is 11.1 Å². The number of benzene rings is 2. The molecule has 0 saturated carbocycles. The van der Waals surface area contributed by atoms with Gasteiger partial charge in [0.05, 0.1) is 12.7 Å². The van der Waals surface area contributed by atoms with Crippen LogP contribution >= 0.6 is 0 Å². The van der Waals surface area contributed by atoms with Crippen molar-refractivity contribution >= 4 is 0 Å². The third-order valence-corrected chi connectivity index (χ3v) is 7.47. The molecular formula is C32H35F3O2. The standard InChI is InChI=1S/C32H35F3O2/c1-3-4-19-37-27-16-18-28(30(33)20-27)24-8-5-22(6-9-24)7-10-26-15-17-29(32(35)31(26)34)25-13-11-23(12-14-25)21(2)36/h3,5-6,8-9,13,16-18,20-21,23,26,36H,1,4,7,10-12,14-15,19H2,2H3. The van der Waals surface area contributed by atoms with Gasteiger partial charge in [0.2, 0.25) is 0 Å². The third-order valence-electron chi connectivity index (χ3n) is 7.47. The van der Waals surface area contributed by atoms with Gasteiger partial charge in [-0.2, -0.15) is 0 Å². The van der Waals surface area contributed by atoms with Crippen molar-refractivity contribution in [3.63, 3.8) is 0 Å². The fourth-order valence-electron chi connectivity index (χ4n) is 5.09. The summed E-state index contributed by atoms with van der Waals surface area (Å²) < 4.78 is 50.0. The average Bonchev–Trinajstić information content (AvgIpc) is 2.90.